The molecule has 0 aliphatic heterocycles. The molecule has 0 amide bonds. The van der Waals surface area contributed by atoms with Gasteiger partial charge in [-0.3, -0.25) is 0 Å². The van der Waals surface area contributed by atoms with Gasteiger partial charge in [-0.15, -0.1) is 6.58 Å². The Morgan fingerprint density at radius 2 is 2.33 bits per heavy atom. The molecule has 1 atom stereocenters. The predicted molar refractivity (Wildman–Crippen MR) is 70.4 cm³/mol. The fourth-order valence-electron chi connectivity index (χ4n) is 1.49. The number of allylic oxidation sites excluding steroid dienone is 1. The van der Waals surface area contributed by atoms with Gasteiger partial charge in [-0.05, 0) is 53.5 Å². The molecular formula is C12H15BrClN. The van der Waals surface area contributed by atoms with E-state index in [4.69, 9.17) is 11.6 Å². The second-order valence-corrected chi connectivity index (χ2v) is 4.64. The number of hydrogen-bond acceptors (Lipinski definition) is 1. The lowest BCUT2D eigenvalue weighted by Gasteiger charge is -2.16. The summed E-state index contributed by atoms with van der Waals surface area (Å²) in [5, 5.41) is 4.04. The highest BCUT2D eigenvalue weighted by Crippen LogP contribution is 2.27. The van der Waals surface area contributed by atoms with Gasteiger partial charge in [0.25, 0.3) is 0 Å². The van der Waals surface area contributed by atoms with Crippen molar-refractivity contribution in [2.45, 2.75) is 18.9 Å². The molecule has 3 heteroatoms. The summed E-state index contributed by atoms with van der Waals surface area (Å²) in [5.41, 5.74) is 1.25. The average Bonchev–Trinajstić information content (AvgIpc) is 2.24. The Morgan fingerprint density at radius 3 is 2.87 bits per heavy atom. The molecule has 1 rings (SSSR count). The van der Waals surface area contributed by atoms with Gasteiger partial charge in [0.1, 0.15) is 0 Å². The number of nitrogens with one attached hydrogen (secondary N) is 1. The van der Waals surface area contributed by atoms with Crippen molar-refractivity contribution in [1.29, 1.82) is 0 Å². The molecule has 0 fully saturated rings. The third-order valence-corrected chi connectivity index (χ3v) is 3.57. The molecule has 0 radical (unpaired) electrons. The van der Waals surface area contributed by atoms with E-state index in [1.165, 1.54) is 5.56 Å². The Morgan fingerprint density at radius 1 is 1.60 bits per heavy atom. The minimum absolute atomic E-state index is 0.358. The van der Waals surface area contributed by atoms with E-state index < -0.39 is 0 Å². The van der Waals surface area contributed by atoms with E-state index in [-0.39, 0.29) is 0 Å². The fourth-order valence-corrected chi connectivity index (χ4v) is 2.01. The van der Waals surface area contributed by atoms with E-state index in [0.717, 1.165) is 22.3 Å². The third-order valence-electron chi connectivity index (χ3n) is 2.35. The lowest BCUT2D eigenvalue weighted by molar-refractivity contribution is 0.554. The molecule has 1 aromatic carbocycles. The van der Waals surface area contributed by atoms with E-state index in [0.29, 0.717) is 6.04 Å². The van der Waals surface area contributed by atoms with Crippen LogP contribution in [0.5, 0.6) is 0 Å². The summed E-state index contributed by atoms with van der Waals surface area (Å²) in [7, 11) is 1.97. The Hall–Kier alpha value is -0.310. The smallest absolute Gasteiger partial charge is 0.0548 e. The largest absolute Gasteiger partial charge is 0.313 e. The molecule has 0 bridgehead atoms. The van der Waals surface area contributed by atoms with Crippen LogP contribution >= 0.6 is 27.5 Å². The van der Waals surface area contributed by atoms with Crippen LogP contribution in [0.25, 0.3) is 0 Å². The van der Waals surface area contributed by atoms with Crippen molar-refractivity contribution in [3.63, 3.8) is 0 Å². The van der Waals surface area contributed by atoms with E-state index in [2.05, 4.69) is 40.0 Å². The highest BCUT2D eigenvalue weighted by Gasteiger charge is 2.09. The van der Waals surface area contributed by atoms with Crippen molar-refractivity contribution in [3.8, 4) is 0 Å². The highest BCUT2D eigenvalue weighted by molar-refractivity contribution is 9.10. The molecule has 0 saturated carbocycles. The lowest BCUT2D eigenvalue weighted by atomic mass is 10.0. The molecule has 0 aliphatic carbocycles. The van der Waals surface area contributed by atoms with Crippen LogP contribution in [0.2, 0.25) is 5.02 Å². The Kier molecular flexibility index (Phi) is 5.37. The zero-order chi connectivity index (χ0) is 11.3. The quantitative estimate of drug-likeness (QED) is 0.795. The first kappa shape index (κ1) is 12.8. The monoisotopic (exact) mass is 287 g/mol. The maximum Gasteiger partial charge on any atom is 0.0548 e. The second-order valence-electron chi connectivity index (χ2n) is 3.38. The third kappa shape index (κ3) is 3.63. The molecule has 1 nitrogen and oxygen atoms in total. The van der Waals surface area contributed by atoms with Gasteiger partial charge in [-0.1, -0.05) is 23.7 Å². The first-order chi connectivity index (χ1) is 7.19. The van der Waals surface area contributed by atoms with Crippen LogP contribution in [0, 0.1) is 0 Å². The minimum Gasteiger partial charge on any atom is -0.313 e. The van der Waals surface area contributed by atoms with Crippen molar-refractivity contribution >= 4 is 27.5 Å². The SMILES string of the molecule is C=CCCC(NC)c1ccc(Cl)c(Br)c1. The van der Waals surface area contributed by atoms with Gasteiger partial charge in [-0.25, -0.2) is 0 Å². The van der Waals surface area contributed by atoms with Gasteiger partial charge >= 0.3 is 0 Å². The average molecular weight is 289 g/mol. The molecule has 0 saturated heterocycles. The van der Waals surface area contributed by atoms with Crippen LogP contribution in [0.3, 0.4) is 0 Å². The summed E-state index contributed by atoms with van der Waals surface area (Å²) < 4.78 is 0.945. The van der Waals surface area contributed by atoms with Crippen LogP contribution in [0.1, 0.15) is 24.4 Å². The minimum atomic E-state index is 0.358. The maximum atomic E-state index is 5.95. The van der Waals surface area contributed by atoms with Crippen LogP contribution in [0.15, 0.2) is 35.3 Å². The van der Waals surface area contributed by atoms with Crippen molar-refractivity contribution in [2.24, 2.45) is 0 Å². The Bertz CT molecular complexity index is 338. The van der Waals surface area contributed by atoms with Crippen molar-refractivity contribution in [3.05, 3.63) is 45.9 Å². The van der Waals surface area contributed by atoms with Gasteiger partial charge in [0.05, 0.1) is 5.02 Å². The standard InChI is InChI=1S/C12H15BrClN/c1-3-4-5-12(15-2)9-6-7-11(14)10(13)8-9/h3,6-8,12,15H,1,4-5H2,2H3. The van der Waals surface area contributed by atoms with Crippen LogP contribution in [-0.2, 0) is 0 Å². The van der Waals surface area contributed by atoms with Crippen LogP contribution < -0.4 is 5.32 Å². The second kappa shape index (κ2) is 6.31. The summed E-state index contributed by atoms with van der Waals surface area (Å²) in [6.45, 7) is 3.73. The van der Waals surface area contributed by atoms with Crippen LogP contribution in [-0.4, -0.2) is 7.05 Å². The summed E-state index contributed by atoms with van der Waals surface area (Å²) in [4.78, 5) is 0. The summed E-state index contributed by atoms with van der Waals surface area (Å²) in [6, 6.07) is 6.39. The van der Waals surface area contributed by atoms with E-state index in [1.807, 2.05) is 19.2 Å². The van der Waals surface area contributed by atoms with E-state index in [1.54, 1.807) is 0 Å². The molecule has 0 heterocycles. The zero-order valence-corrected chi connectivity index (χ0v) is 11.1. The van der Waals surface area contributed by atoms with Crippen molar-refractivity contribution < 1.29 is 0 Å². The van der Waals surface area contributed by atoms with Gasteiger partial charge in [0.2, 0.25) is 0 Å². The fraction of sp³-hybridized carbons (Fsp3) is 0.333. The number of rotatable bonds is 5. The lowest BCUT2D eigenvalue weighted by Crippen LogP contribution is -2.15. The summed E-state index contributed by atoms with van der Waals surface area (Å²) in [6.07, 6.45) is 4.00. The molecule has 0 spiro atoms. The van der Waals surface area contributed by atoms with E-state index >= 15 is 0 Å². The predicted octanol–water partition coefficient (Wildman–Crippen LogP) is 4.33. The number of hydrogen-bond donors (Lipinski definition) is 1. The van der Waals surface area contributed by atoms with Crippen molar-refractivity contribution in [1.82, 2.24) is 5.32 Å². The Balaban J connectivity index is 2.82. The van der Waals surface area contributed by atoms with Gasteiger partial charge in [-0.2, -0.15) is 0 Å². The first-order valence-corrected chi connectivity index (χ1v) is 6.09. The Labute approximate surface area is 105 Å². The van der Waals surface area contributed by atoms with E-state index in [9.17, 15) is 0 Å². The molecule has 1 unspecified atom stereocenters. The normalized spacial score (nSPS) is 12.5. The topological polar surface area (TPSA) is 12.0 Å². The molecule has 0 aliphatic rings. The van der Waals surface area contributed by atoms with Crippen LogP contribution in [0.4, 0.5) is 0 Å². The molecular weight excluding hydrogens is 273 g/mol. The highest BCUT2D eigenvalue weighted by atomic mass is 79.9. The molecule has 1 N–H and O–H groups in total. The number of halogens is 2. The molecule has 1 aromatic rings. The summed E-state index contributed by atoms with van der Waals surface area (Å²) >= 11 is 9.38. The zero-order valence-electron chi connectivity index (χ0n) is 8.76. The number of benzene rings is 1. The first-order valence-electron chi connectivity index (χ1n) is 4.92. The molecule has 82 valence electrons. The summed E-state index contributed by atoms with van der Waals surface area (Å²) in [5.74, 6) is 0. The van der Waals surface area contributed by atoms with Gasteiger partial charge in [0, 0.05) is 10.5 Å². The van der Waals surface area contributed by atoms with Crippen molar-refractivity contribution in [2.75, 3.05) is 7.05 Å². The van der Waals surface area contributed by atoms with Gasteiger partial charge < -0.3 is 5.32 Å². The maximum absolute atomic E-state index is 5.95. The van der Waals surface area contributed by atoms with Gasteiger partial charge in [0.15, 0.2) is 0 Å². The molecule has 15 heavy (non-hydrogen) atoms. The molecule has 0 aromatic heterocycles.